The SMILES string of the molecule is O=C(COc1ccccc1)N1CCC(c2c[nH]c3ccccc23)CC1. The minimum absolute atomic E-state index is 0.0706. The fourth-order valence-electron chi connectivity index (χ4n) is 3.62. The summed E-state index contributed by atoms with van der Waals surface area (Å²) in [7, 11) is 0. The van der Waals surface area contributed by atoms with Crippen LogP contribution in [0, 0.1) is 0 Å². The van der Waals surface area contributed by atoms with Crippen molar-refractivity contribution >= 4 is 16.8 Å². The van der Waals surface area contributed by atoms with Gasteiger partial charge in [0.15, 0.2) is 6.61 Å². The van der Waals surface area contributed by atoms with E-state index >= 15 is 0 Å². The van der Waals surface area contributed by atoms with Crippen molar-refractivity contribution in [1.29, 1.82) is 0 Å². The molecule has 4 heteroatoms. The summed E-state index contributed by atoms with van der Waals surface area (Å²) in [5.41, 5.74) is 2.57. The summed E-state index contributed by atoms with van der Waals surface area (Å²) in [6, 6.07) is 17.9. The Balaban J connectivity index is 1.34. The number of fused-ring (bicyclic) bond motifs is 1. The molecule has 0 saturated carbocycles. The van der Waals surface area contributed by atoms with Crippen LogP contribution in [0.3, 0.4) is 0 Å². The van der Waals surface area contributed by atoms with Crippen LogP contribution in [0.5, 0.6) is 5.75 Å². The Labute approximate surface area is 147 Å². The number of aromatic amines is 1. The predicted molar refractivity (Wildman–Crippen MR) is 98.8 cm³/mol. The van der Waals surface area contributed by atoms with Crippen molar-refractivity contribution < 1.29 is 9.53 Å². The molecule has 0 unspecified atom stereocenters. The molecule has 3 aromatic rings. The molecule has 4 nitrogen and oxygen atoms in total. The Morgan fingerprint density at radius 3 is 2.56 bits per heavy atom. The molecule has 1 amide bonds. The largest absolute Gasteiger partial charge is 0.484 e. The van der Waals surface area contributed by atoms with E-state index in [0.29, 0.717) is 5.92 Å². The van der Waals surface area contributed by atoms with E-state index in [1.807, 2.05) is 35.2 Å². The quantitative estimate of drug-likeness (QED) is 0.785. The lowest BCUT2D eigenvalue weighted by Crippen LogP contribution is -2.40. The number of carbonyl (C=O) groups excluding carboxylic acids is 1. The number of likely N-dealkylation sites (tertiary alicyclic amines) is 1. The summed E-state index contributed by atoms with van der Waals surface area (Å²) in [6.45, 7) is 1.70. The molecule has 128 valence electrons. The normalized spacial score (nSPS) is 15.4. The highest BCUT2D eigenvalue weighted by molar-refractivity contribution is 5.83. The van der Waals surface area contributed by atoms with E-state index in [1.165, 1.54) is 16.5 Å². The van der Waals surface area contributed by atoms with Crippen molar-refractivity contribution in [3.05, 3.63) is 66.4 Å². The number of nitrogens with one attached hydrogen (secondary N) is 1. The molecule has 1 fully saturated rings. The molecule has 4 rings (SSSR count). The number of nitrogens with zero attached hydrogens (tertiary/aromatic N) is 1. The van der Waals surface area contributed by atoms with Gasteiger partial charge in [-0.05, 0) is 42.5 Å². The van der Waals surface area contributed by atoms with Gasteiger partial charge in [-0.2, -0.15) is 0 Å². The van der Waals surface area contributed by atoms with Crippen LogP contribution >= 0.6 is 0 Å². The van der Waals surface area contributed by atoms with Crippen LogP contribution in [0.15, 0.2) is 60.8 Å². The fourth-order valence-corrected chi connectivity index (χ4v) is 3.62. The van der Waals surface area contributed by atoms with Crippen LogP contribution in [0.25, 0.3) is 10.9 Å². The number of aromatic nitrogens is 1. The lowest BCUT2D eigenvalue weighted by Gasteiger charge is -2.32. The van der Waals surface area contributed by atoms with Crippen molar-refractivity contribution in [1.82, 2.24) is 9.88 Å². The van der Waals surface area contributed by atoms with Crippen molar-refractivity contribution in [2.45, 2.75) is 18.8 Å². The van der Waals surface area contributed by atoms with E-state index in [1.54, 1.807) is 0 Å². The first kappa shape index (κ1) is 15.8. The third kappa shape index (κ3) is 3.38. The topological polar surface area (TPSA) is 45.3 Å². The summed E-state index contributed by atoms with van der Waals surface area (Å²) in [5.74, 6) is 1.32. The zero-order chi connectivity index (χ0) is 17.1. The highest BCUT2D eigenvalue weighted by Gasteiger charge is 2.25. The van der Waals surface area contributed by atoms with Crippen molar-refractivity contribution in [2.24, 2.45) is 0 Å². The molecule has 25 heavy (non-hydrogen) atoms. The zero-order valence-electron chi connectivity index (χ0n) is 14.2. The number of rotatable bonds is 4. The second kappa shape index (κ2) is 7.01. The molecule has 0 radical (unpaired) electrons. The molecular weight excluding hydrogens is 312 g/mol. The number of carbonyl (C=O) groups is 1. The molecule has 0 spiro atoms. The summed E-state index contributed by atoms with van der Waals surface area (Å²) < 4.78 is 5.58. The van der Waals surface area contributed by atoms with Crippen LogP contribution in [-0.4, -0.2) is 35.5 Å². The number of benzene rings is 2. The molecule has 1 aliphatic rings. The zero-order valence-corrected chi connectivity index (χ0v) is 14.2. The average Bonchev–Trinajstić information content (AvgIpc) is 3.11. The average molecular weight is 334 g/mol. The summed E-state index contributed by atoms with van der Waals surface area (Å²) in [5, 5.41) is 1.31. The maximum atomic E-state index is 12.4. The van der Waals surface area contributed by atoms with Gasteiger partial charge in [0.2, 0.25) is 0 Å². The second-order valence-corrected chi connectivity index (χ2v) is 6.55. The first-order valence-electron chi connectivity index (χ1n) is 8.83. The van der Waals surface area contributed by atoms with Crippen molar-refractivity contribution in [2.75, 3.05) is 19.7 Å². The van der Waals surface area contributed by atoms with Gasteiger partial charge in [0.1, 0.15) is 5.75 Å². The number of para-hydroxylation sites is 2. The second-order valence-electron chi connectivity index (χ2n) is 6.55. The summed E-state index contributed by atoms with van der Waals surface area (Å²) in [4.78, 5) is 17.7. The van der Waals surface area contributed by atoms with Gasteiger partial charge in [-0.3, -0.25) is 4.79 Å². The van der Waals surface area contributed by atoms with Crippen molar-refractivity contribution in [3.8, 4) is 5.75 Å². The van der Waals surface area contributed by atoms with Crippen LogP contribution in [0.2, 0.25) is 0 Å². The Bertz CT molecular complexity index is 848. The molecule has 1 aliphatic heterocycles. The minimum Gasteiger partial charge on any atom is -0.484 e. The Morgan fingerprint density at radius 2 is 1.76 bits per heavy atom. The van der Waals surface area contributed by atoms with E-state index in [9.17, 15) is 4.79 Å². The summed E-state index contributed by atoms with van der Waals surface area (Å²) in [6.07, 6.45) is 4.13. The van der Waals surface area contributed by atoms with E-state index in [-0.39, 0.29) is 12.5 Å². The third-order valence-electron chi connectivity index (χ3n) is 5.01. The molecule has 0 aliphatic carbocycles. The molecule has 0 bridgehead atoms. The number of amides is 1. The number of piperidine rings is 1. The molecular formula is C21H22N2O2. The molecule has 1 aromatic heterocycles. The van der Waals surface area contributed by atoms with E-state index in [4.69, 9.17) is 4.74 Å². The van der Waals surface area contributed by atoms with Gasteiger partial charge >= 0.3 is 0 Å². The lowest BCUT2D eigenvalue weighted by atomic mass is 9.89. The number of hydrogen-bond acceptors (Lipinski definition) is 2. The van der Waals surface area contributed by atoms with Crippen LogP contribution in [0.1, 0.15) is 24.3 Å². The molecule has 0 atom stereocenters. The van der Waals surface area contributed by atoms with Crippen LogP contribution in [0.4, 0.5) is 0 Å². The van der Waals surface area contributed by atoms with Crippen LogP contribution in [-0.2, 0) is 4.79 Å². The first-order valence-corrected chi connectivity index (χ1v) is 8.83. The maximum absolute atomic E-state index is 12.4. The predicted octanol–water partition coefficient (Wildman–Crippen LogP) is 3.95. The lowest BCUT2D eigenvalue weighted by molar-refractivity contribution is -0.134. The van der Waals surface area contributed by atoms with E-state index < -0.39 is 0 Å². The van der Waals surface area contributed by atoms with Gasteiger partial charge in [-0.1, -0.05) is 36.4 Å². The van der Waals surface area contributed by atoms with Crippen molar-refractivity contribution in [3.63, 3.8) is 0 Å². The van der Waals surface area contributed by atoms with Crippen LogP contribution < -0.4 is 4.74 Å². The van der Waals surface area contributed by atoms with Gasteiger partial charge in [-0.15, -0.1) is 0 Å². The van der Waals surface area contributed by atoms with Gasteiger partial charge in [0.05, 0.1) is 0 Å². The minimum atomic E-state index is 0.0706. The fraction of sp³-hybridized carbons (Fsp3) is 0.286. The highest BCUT2D eigenvalue weighted by atomic mass is 16.5. The Morgan fingerprint density at radius 1 is 1.04 bits per heavy atom. The Hall–Kier alpha value is -2.75. The van der Waals surface area contributed by atoms with Gasteiger partial charge in [0, 0.05) is 30.2 Å². The Kier molecular flexibility index (Phi) is 4.42. The summed E-state index contributed by atoms with van der Waals surface area (Å²) >= 11 is 0. The highest BCUT2D eigenvalue weighted by Crippen LogP contribution is 2.33. The number of ether oxygens (including phenoxy) is 1. The van der Waals surface area contributed by atoms with E-state index in [0.717, 1.165) is 31.7 Å². The number of hydrogen-bond donors (Lipinski definition) is 1. The maximum Gasteiger partial charge on any atom is 0.260 e. The van der Waals surface area contributed by atoms with Gasteiger partial charge in [-0.25, -0.2) is 0 Å². The standard InChI is InChI=1S/C21H22N2O2/c24-21(15-25-17-6-2-1-3-7-17)23-12-10-16(11-13-23)19-14-22-20-9-5-4-8-18(19)20/h1-9,14,16,22H,10-13,15H2. The molecule has 1 saturated heterocycles. The first-order chi connectivity index (χ1) is 12.3. The van der Waals surface area contributed by atoms with E-state index in [2.05, 4.69) is 35.4 Å². The molecule has 2 aromatic carbocycles. The van der Waals surface area contributed by atoms with Gasteiger partial charge in [0.25, 0.3) is 5.91 Å². The molecule has 1 N–H and O–H groups in total. The third-order valence-corrected chi connectivity index (χ3v) is 5.01. The smallest absolute Gasteiger partial charge is 0.260 e. The molecule has 2 heterocycles. The monoisotopic (exact) mass is 334 g/mol. The van der Waals surface area contributed by atoms with Gasteiger partial charge < -0.3 is 14.6 Å². The number of H-pyrrole nitrogens is 1.